The molecule has 2 rings (SSSR count). The standard InChI is InChI=1S/C16H14N2O4/c17-11-1-5-13(6-2-11)22-14-7-3-12(4-8-14)18-15(19)9-10-16(20)21/h1-10H,17H2,(H,18,19)(H,20,21)/b10-9-. The monoisotopic (exact) mass is 298 g/mol. The van der Waals surface area contributed by atoms with Gasteiger partial charge in [-0.1, -0.05) is 0 Å². The highest BCUT2D eigenvalue weighted by atomic mass is 16.5. The summed E-state index contributed by atoms with van der Waals surface area (Å²) in [7, 11) is 0. The van der Waals surface area contributed by atoms with Gasteiger partial charge in [-0.3, -0.25) is 4.79 Å². The molecule has 1 amide bonds. The SMILES string of the molecule is Nc1ccc(Oc2ccc(NC(=O)/C=C\C(=O)O)cc2)cc1. The molecule has 2 aromatic carbocycles. The molecule has 0 atom stereocenters. The number of ether oxygens (including phenoxy) is 1. The predicted molar refractivity (Wildman–Crippen MR) is 82.8 cm³/mol. The van der Waals surface area contributed by atoms with Crippen LogP contribution in [0.2, 0.25) is 0 Å². The fourth-order valence-corrected chi connectivity index (χ4v) is 1.61. The van der Waals surface area contributed by atoms with E-state index < -0.39 is 11.9 Å². The molecule has 112 valence electrons. The Kier molecular flexibility index (Phi) is 4.77. The minimum absolute atomic E-state index is 0.519. The number of nitrogen functional groups attached to an aromatic ring is 1. The molecule has 0 aromatic heterocycles. The van der Waals surface area contributed by atoms with Gasteiger partial charge in [-0.15, -0.1) is 0 Å². The molecule has 6 heteroatoms. The molecule has 4 N–H and O–H groups in total. The number of aliphatic carboxylic acids is 1. The Morgan fingerprint density at radius 3 is 2.05 bits per heavy atom. The Labute approximate surface area is 126 Å². The number of benzene rings is 2. The Hall–Kier alpha value is -3.28. The van der Waals surface area contributed by atoms with E-state index in [2.05, 4.69) is 5.32 Å². The van der Waals surface area contributed by atoms with Gasteiger partial charge < -0.3 is 20.9 Å². The molecule has 0 bridgehead atoms. The highest BCUT2D eigenvalue weighted by molar-refractivity contribution is 6.02. The molecule has 2 aromatic rings. The van der Waals surface area contributed by atoms with Gasteiger partial charge in [0.2, 0.25) is 5.91 Å². The predicted octanol–water partition coefficient (Wildman–Crippen LogP) is 2.64. The fourth-order valence-electron chi connectivity index (χ4n) is 1.61. The third-order valence-electron chi connectivity index (χ3n) is 2.61. The summed E-state index contributed by atoms with van der Waals surface area (Å²) in [5.74, 6) is -0.448. The highest BCUT2D eigenvalue weighted by Gasteiger charge is 2.01. The zero-order chi connectivity index (χ0) is 15.9. The Bertz CT molecular complexity index is 691. The summed E-state index contributed by atoms with van der Waals surface area (Å²) in [6.07, 6.45) is 1.72. The van der Waals surface area contributed by atoms with E-state index in [1.807, 2.05) is 0 Å². The van der Waals surface area contributed by atoms with Gasteiger partial charge in [0.25, 0.3) is 0 Å². The molecule has 0 radical (unpaired) electrons. The maximum Gasteiger partial charge on any atom is 0.328 e. The van der Waals surface area contributed by atoms with Crippen LogP contribution in [0.3, 0.4) is 0 Å². The van der Waals surface area contributed by atoms with E-state index in [0.717, 1.165) is 12.2 Å². The van der Waals surface area contributed by atoms with E-state index in [1.165, 1.54) is 0 Å². The normalized spacial score (nSPS) is 10.4. The van der Waals surface area contributed by atoms with Crippen LogP contribution in [0, 0.1) is 0 Å². The van der Waals surface area contributed by atoms with E-state index >= 15 is 0 Å². The van der Waals surface area contributed by atoms with Gasteiger partial charge in [-0.05, 0) is 48.5 Å². The summed E-state index contributed by atoms with van der Waals surface area (Å²) in [6.45, 7) is 0. The van der Waals surface area contributed by atoms with Crippen LogP contribution in [-0.2, 0) is 9.59 Å². The van der Waals surface area contributed by atoms with Gasteiger partial charge in [0.15, 0.2) is 0 Å². The average molecular weight is 298 g/mol. The molecule has 6 nitrogen and oxygen atoms in total. The van der Waals surface area contributed by atoms with Crippen molar-refractivity contribution in [1.82, 2.24) is 0 Å². The third-order valence-corrected chi connectivity index (χ3v) is 2.61. The van der Waals surface area contributed by atoms with Crippen LogP contribution in [0.15, 0.2) is 60.7 Å². The largest absolute Gasteiger partial charge is 0.478 e. The van der Waals surface area contributed by atoms with Crippen LogP contribution in [0.25, 0.3) is 0 Å². The molecule has 0 aliphatic heterocycles. The lowest BCUT2D eigenvalue weighted by atomic mass is 10.3. The van der Waals surface area contributed by atoms with Crippen LogP contribution >= 0.6 is 0 Å². The summed E-state index contributed by atoms with van der Waals surface area (Å²) in [4.78, 5) is 21.7. The molecule has 0 saturated carbocycles. The number of anilines is 2. The number of carbonyl (C=O) groups is 2. The van der Waals surface area contributed by atoms with Gasteiger partial charge in [0, 0.05) is 23.5 Å². The smallest absolute Gasteiger partial charge is 0.328 e. The van der Waals surface area contributed by atoms with Gasteiger partial charge >= 0.3 is 5.97 Å². The van der Waals surface area contributed by atoms with Crippen LogP contribution in [0.1, 0.15) is 0 Å². The number of hydrogen-bond acceptors (Lipinski definition) is 4. The van der Waals surface area contributed by atoms with Crippen molar-refractivity contribution in [3.05, 3.63) is 60.7 Å². The lowest BCUT2D eigenvalue weighted by Gasteiger charge is -2.07. The van der Waals surface area contributed by atoms with Crippen LogP contribution < -0.4 is 15.8 Å². The lowest BCUT2D eigenvalue weighted by Crippen LogP contribution is -2.08. The summed E-state index contributed by atoms with van der Waals surface area (Å²) in [6, 6.07) is 13.7. The summed E-state index contributed by atoms with van der Waals surface area (Å²) in [5.41, 5.74) is 6.78. The molecular formula is C16H14N2O4. The minimum atomic E-state index is -1.18. The van der Waals surface area contributed by atoms with Gasteiger partial charge in [-0.2, -0.15) is 0 Å². The number of carboxylic acids is 1. The molecule has 0 fully saturated rings. The second kappa shape index (κ2) is 6.94. The van der Waals surface area contributed by atoms with Crippen LogP contribution in [-0.4, -0.2) is 17.0 Å². The summed E-state index contributed by atoms with van der Waals surface area (Å²) < 4.78 is 5.61. The van der Waals surface area contributed by atoms with Crippen molar-refractivity contribution < 1.29 is 19.4 Å². The number of amides is 1. The van der Waals surface area contributed by atoms with E-state index in [4.69, 9.17) is 15.6 Å². The van der Waals surface area contributed by atoms with Gasteiger partial charge in [0.05, 0.1) is 0 Å². The second-order valence-corrected chi connectivity index (χ2v) is 4.36. The first-order valence-electron chi connectivity index (χ1n) is 6.38. The molecule has 0 unspecified atom stereocenters. The fraction of sp³-hybridized carbons (Fsp3) is 0. The van der Waals surface area contributed by atoms with Gasteiger partial charge in [0.1, 0.15) is 11.5 Å². The summed E-state index contributed by atoms with van der Waals surface area (Å²) in [5, 5.41) is 11.0. The lowest BCUT2D eigenvalue weighted by molar-refractivity contribution is -0.131. The average Bonchev–Trinajstić information content (AvgIpc) is 2.49. The van der Waals surface area contributed by atoms with Crippen molar-refractivity contribution in [2.75, 3.05) is 11.1 Å². The number of carbonyl (C=O) groups excluding carboxylic acids is 1. The first kappa shape index (κ1) is 15.1. The Morgan fingerprint density at radius 2 is 1.50 bits per heavy atom. The molecule has 22 heavy (non-hydrogen) atoms. The van der Waals surface area contributed by atoms with E-state index in [-0.39, 0.29) is 0 Å². The first-order valence-corrected chi connectivity index (χ1v) is 6.38. The quantitative estimate of drug-likeness (QED) is 0.582. The summed E-state index contributed by atoms with van der Waals surface area (Å²) >= 11 is 0. The topological polar surface area (TPSA) is 102 Å². The minimum Gasteiger partial charge on any atom is -0.478 e. The molecule has 0 aliphatic rings. The van der Waals surface area contributed by atoms with Crippen molar-refractivity contribution in [2.45, 2.75) is 0 Å². The molecular weight excluding hydrogens is 284 g/mol. The molecule has 0 saturated heterocycles. The van der Waals surface area contributed by atoms with Crippen molar-refractivity contribution in [3.8, 4) is 11.5 Å². The van der Waals surface area contributed by atoms with Crippen molar-refractivity contribution in [3.63, 3.8) is 0 Å². The number of carboxylic acid groups (broad SMARTS) is 1. The van der Waals surface area contributed by atoms with Crippen LogP contribution in [0.4, 0.5) is 11.4 Å². The Morgan fingerprint density at radius 1 is 0.955 bits per heavy atom. The van der Waals surface area contributed by atoms with Crippen molar-refractivity contribution in [1.29, 1.82) is 0 Å². The number of nitrogens with one attached hydrogen (secondary N) is 1. The van der Waals surface area contributed by atoms with Crippen molar-refractivity contribution >= 4 is 23.3 Å². The molecule has 0 aliphatic carbocycles. The van der Waals surface area contributed by atoms with E-state index in [1.54, 1.807) is 48.5 Å². The van der Waals surface area contributed by atoms with Gasteiger partial charge in [-0.25, -0.2) is 4.79 Å². The number of nitrogens with two attached hydrogens (primary N) is 1. The number of hydrogen-bond donors (Lipinski definition) is 3. The zero-order valence-electron chi connectivity index (χ0n) is 11.5. The number of rotatable bonds is 5. The van der Waals surface area contributed by atoms with E-state index in [9.17, 15) is 9.59 Å². The highest BCUT2D eigenvalue weighted by Crippen LogP contribution is 2.23. The second-order valence-electron chi connectivity index (χ2n) is 4.36. The molecule has 0 heterocycles. The van der Waals surface area contributed by atoms with Crippen LogP contribution in [0.5, 0.6) is 11.5 Å². The van der Waals surface area contributed by atoms with Crippen molar-refractivity contribution in [2.24, 2.45) is 0 Å². The first-order chi connectivity index (χ1) is 10.5. The maximum atomic E-state index is 11.4. The van der Waals surface area contributed by atoms with E-state index in [0.29, 0.717) is 22.9 Å². The zero-order valence-corrected chi connectivity index (χ0v) is 11.5. The Balaban J connectivity index is 1.96. The maximum absolute atomic E-state index is 11.4. The molecule has 0 spiro atoms. The third kappa shape index (κ3) is 4.68.